The molecule has 0 fully saturated rings. The average molecular weight is 401 g/mol. The minimum Gasteiger partial charge on any atom is -0.494 e. The highest BCUT2D eigenvalue weighted by Crippen LogP contribution is 2.39. The van der Waals surface area contributed by atoms with Crippen LogP contribution in [0.1, 0.15) is 30.9 Å². The molecule has 1 aliphatic rings. The second-order valence-corrected chi connectivity index (χ2v) is 7.55. The summed E-state index contributed by atoms with van der Waals surface area (Å²) in [5.74, 6) is 2.41. The molecule has 1 atom stereocenters. The van der Waals surface area contributed by atoms with Gasteiger partial charge in [0.25, 0.3) is 0 Å². The van der Waals surface area contributed by atoms with E-state index in [4.69, 9.17) is 14.2 Å². The van der Waals surface area contributed by atoms with E-state index >= 15 is 0 Å². The summed E-state index contributed by atoms with van der Waals surface area (Å²) in [7, 11) is 3.36. The van der Waals surface area contributed by atoms with Crippen molar-refractivity contribution in [1.29, 1.82) is 0 Å². The number of ether oxygens (including phenoxy) is 3. The predicted octanol–water partition coefficient (Wildman–Crippen LogP) is 4.44. The van der Waals surface area contributed by atoms with Crippen LogP contribution in [-0.4, -0.2) is 20.8 Å². The lowest BCUT2D eigenvalue weighted by molar-refractivity contribution is 0.309. The first-order valence-corrected chi connectivity index (χ1v) is 10.5. The van der Waals surface area contributed by atoms with Crippen LogP contribution in [0.15, 0.2) is 66.7 Å². The van der Waals surface area contributed by atoms with Crippen molar-refractivity contribution in [1.82, 2.24) is 0 Å². The number of methoxy groups -OCH3 is 2. The summed E-state index contributed by atoms with van der Waals surface area (Å²) in [4.78, 5) is 0. The van der Waals surface area contributed by atoms with Crippen LogP contribution in [0.2, 0.25) is 0 Å². The molecule has 3 heteroatoms. The molecule has 154 valence electrons. The number of hydrogen-bond acceptors (Lipinski definition) is 3. The monoisotopic (exact) mass is 400 g/mol. The highest BCUT2D eigenvalue weighted by atomic mass is 16.5. The standard InChI is InChI=1S/C27H28O3/c1-4-5-17-30-23-14-12-22(13-15-23)27(21-9-7-6-8-10-21)18-20-11-16-25(28-2)26(29-3)24(20)19-27/h6-16,18-19H,4-5,17H2,1-3H3. The van der Waals surface area contributed by atoms with Gasteiger partial charge in [0, 0.05) is 5.22 Å². The van der Waals surface area contributed by atoms with Crippen LogP contribution in [0.4, 0.5) is 0 Å². The van der Waals surface area contributed by atoms with Gasteiger partial charge in [-0.1, -0.05) is 74.0 Å². The zero-order valence-electron chi connectivity index (χ0n) is 17.9. The highest BCUT2D eigenvalue weighted by molar-refractivity contribution is 5.76. The first kappa shape index (κ1) is 20.1. The number of benzene rings is 3. The van der Waals surface area contributed by atoms with Crippen molar-refractivity contribution in [2.75, 3.05) is 20.8 Å². The lowest BCUT2D eigenvalue weighted by Crippen LogP contribution is -2.23. The van der Waals surface area contributed by atoms with E-state index in [2.05, 4.69) is 73.7 Å². The van der Waals surface area contributed by atoms with Gasteiger partial charge in [-0.3, -0.25) is 0 Å². The normalized spacial score (nSPS) is 16.9. The fourth-order valence-corrected chi connectivity index (χ4v) is 4.13. The molecule has 0 bridgehead atoms. The Morgan fingerprint density at radius 3 is 2.17 bits per heavy atom. The quantitative estimate of drug-likeness (QED) is 0.523. The van der Waals surface area contributed by atoms with Crippen molar-refractivity contribution in [2.24, 2.45) is 0 Å². The van der Waals surface area contributed by atoms with Gasteiger partial charge < -0.3 is 14.2 Å². The molecule has 0 spiro atoms. The summed E-state index contributed by atoms with van der Waals surface area (Å²) in [5.41, 5.74) is 2.01. The minimum absolute atomic E-state index is 0.384. The third-order valence-corrected chi connectivity index (χ3v) is 5.72. The first-order valence-electron chi connectivity index (χ1n) is 10.5. The van der Waals surface area contributed by atoms with Crippen LogP contribution < -0.4 is 24.6 Å². The van der Waals surface area contributed by atoms with Crippen LogP contribution in [0, 0.1) is 0 Å². The molecule has 0 N–H and O–H groups in total. The van der Waals surface area contributed by atoms with Crippen molar-refractivity contribution in [3.8, 4) is 17.2 Å². The Labute approximate surface area is 178 Å². The van der Waals surface area contributed by atoms with Crippen LogP contribution in [-0.2, 0) is 5.41 Å². The summed E-state index contributed by atoms with van der Waals surface area (Å²) < 4.78 is 17.1. The maximum atomic E-state index is 5.87. The van der Waals surface area contributed by atoms with Crippen LogP contribution in [0.5, 0.6) is 17.2 Å². The molecule has 1 unspecified atom stereocenters. The Bertz CT molecular complexity index is 1120. The smallest absolute Gasteiger partial charge is 0.168 e. The molecule has 0 amide bonds. The second kappa shape index (κ2) is 8.66. The van der Waals surface area contributed by atoms with E-state index in [1.165, 1.54) is 11.1 Å². The van der Waals surface area contributed by atoms with Crippen molar-refractivity contribution in [3.05, 3.63) is 88.3 Å². The third-order valence-electron chi connectivity index (χ3n) is 5.72. The van der Waals surface area contributed by atoms with Gasteiger partial charge in [-0.2, -0.15) is 0 Å². The molecule has 0 saturated heterocycles. The second-order valence-electron chi connectivity index (χ2n) is 7.55. The van der Waals surface area contributed by atoms with E-state index in [0.29, 0.717) is 0 Å². The lowest BCUT2D eigenvalue weighted by Gasteiger charge is -2.27. The van der Waals surface area contributed by atoms with E-state index in [1.807, 2.05) is 12.1 Å². The Morgan fingerprint density at radius 2 is 1.50 bits per heavy atom. The lowest BCUT2D eigenvalue weighted by atomic mass is 9.75. The molecule has 3 aromatic carbocycles. The molecule has 0 heterocycles. The highest BCUT2D eigenvalue weighted by Gasteiger charge is 2.33. The summed E-state index contributed by atoms with van der Waals surface area (Å²) in [6.07, 6.45) is 6.79. The van der Waals surface area contributed by atoms with Gasteiger partial charge >= 0.3 is 0 Å². The molecule has 0 saturated carbocycles. The molecular weight excluding hydrogens is 372 g/mol. The van der Waals surface area contributed by atoms with Gasteiger partial charge in [0.05, 0.1) is 26.2 Å². The van der Waals surface area contributed by atoms with Gasteiger partial charge in [0.2, 0.25) is 0 Å². The summed E-state index contributed by atoms with van der Waals surface area (Å²) >= 11 is 0. The van der Waals surface area contributed by atoms with Gasteiger partial charge in [0.1, 0.15) is 5.75 Å². The van der Waals surface area contributed by atoms with Crippen molar-refractivity contribution >= 4 is 12.2 Å². The Morgan fingerprint density at radius 1 is 0.767 bits per heavy atom. The third kappa shape index (κ3) is 3.56. The van der Waals surface area contributed by atoms with Gasteiger partial charge in [-0.25, -0.2) is 0 Å². The SMILES string of the molecule is CCCCOc1ccc(C2(c3ccccc3)C=c3ccc(OC)c(OC)c3=C2)cc1. The maximum Gasteiger partial charge on any atom is 0.168 e. The fraction of sp³-hybridized carbons (Fsp3) is 0.259. The van der Waals surface area contributed by atoms with Crippen molar-refractivity contribution in [2.45, 2.75) is 25.2 Å². The zero-order valence-corrected chi connectivity index (χ0v) is 17.9. The van der Waals surface area contributed by atoms with Crippen LogP contribution in [0.25, 0.3) is 12.2 Å². The fourth-order valence-electron chi connectivity index (χ4n) is 4.13. The van der Waals surface area contributed by atoms with Gasteiger partial charge in [-0.15, -0.1) is 0 Å². The number of rotatable bonds is 8. The average Bonchev–Trinajstić information content (AvgIpc) is 3.20. The number of fused-ring (bicyclic) bond motifs is 1. The molecular formula is C27H28O3. The van der Waals surface area contributed by atoms with Crippen molar-refractivity contribution < 1.29 is 14.2 Å². The molecule has 30 heavy (non-hydrogen) atoms. The maximum absolute atomic E-state index is 5.87. The summed E-state index contributed by atoms with van der Waals surface area (Å²) in [6, 6.07) is 23.1. The van der Waals surface area contributed by atoms with Crippen LogP contribution in [0.3, 0.4) is 0 Å². The molecule has 0 aromatic heterocycles. The molecule has 0 radical (unpaired) electrons. The van der Waals surface area contributed by atoms with E-state index in [9.17, 15) is 0 Å². The number of unbranched alkanes of at least 4 members (excludes halogenated alkanes) is 1. The Hall–Kier alpha value is -3.20. The molecule has 4 rings (SSSR count). The van der Waals surface area contributed by atoms with E-state index in [1.54, 1.807) is 14.2 Å². The van der Waals surface area contributed by atoms with Gasteiger partial charge in [0.15, 0.2) is 11.5 Å². The molecule has 3 nitrogen and oxygen atoms in total. The topological polar surface area (TPSA) is 27.7 Å². The number of hydrogen-bond donors (Lipinski definition) is 0. The molecule has 0 aliphatic heterocycles. The molecule has 3 aromatic rings. The van der Waals surface area contributed by atoms with E-state index in [0.717, 1.165) is 47.1 Å². The largest absolute Gasteiger partial charge is 0.494 e. The minimum atomic E-state index is -0.384. The first-order chi connectivity index (χ1) is 14.7. The predicted molar refractivity (Wildman–Crippen MR) is 122 cm³/mol. The molecule has 1 aliphatic carbocycles. The summed E-state index contributed by atoms with van der Waals surface area (Å²) in [6.45, 7) is 2.92. The summed E-state index contributed by atoms with van der Waals surface area (Å²) in [5, 5.41) is 2.20. The van der Waals surface area contributed by atoms with Crippen molar-refractivity contribution in [3.63, 3.8) is 0 Å². The van der Waals surface area contributed by atoms with Crippen LogP contribution >= 0.6 is 0 Å². The Balaban J connectivity index is 1.85. The van der Waals surface area contributed by atoms with E-state index < -0.39 is 0 Å². The Kier molecular flexibility index (Phi) is 5.80. The zero-order chi connectivity index (χ0) is 21.0. The van der Waals surface area contributed by atoms with E-state index in [-0.39, 0.29) is 5.41 Å². The van der Waals surface area contributed by atoms with Gasteiger partial charge in [-0.05, 0) is 41.0 Å².